The van der Waals surface area contributed by atoms with Crippen molar-refractivity contribution in [3.63, 3.8) is 0 Å². The number of piperidine rings is 1. The van der Waals surface area contributed by atoms with Crippen molar-refractivity contribution in [2.24, 2.45) is 0 Å². The topological polar surface area (TPSA) is 92.8 Å². The molecule has 1 aromatic carbocycles. The summed E-state index contributed by atoms with van der Waals surface area (Å²) < 4.78 is 32.1. The van der Waals surface area contributed by atoms with Gasteiger partial charge in [-0.25, -0.2) is 13.2 Å². The quantitative estimate of drug-likeness (QED) is 0.766. The second kappa shape index (κ2) is 7.53. The number of esters is 1. The highest BCUT2D eigenvalue weighted by molar-refractivity contribution is 7.89. The van der Waals surface area contributed by atoms with Crippen LogP contribution in [0.5, 0.6) is 0 Å². The van der Waals surface area contributed by atoms with E-state index in [1.807, 2.05) is 0 Å². The monoisotopic (exact) mass is 366 g/mol. The third-order valence-corrected chi connectivity index (χ3v) is 6.27. The summed E-state index contributed by atoms with van der Waals surface area (Å²) in [7, 11) is -3.75. The van der Waals surface area contributed by atoms with E-state index in [1.165, 1.54) is 16.4 Å². The summed E-state index contributed by atoms with van der Waals surface area (Å²) in [6.07, 6.45) is 4.51. The molecule has 0 atom stereocenters. The van der Waals surface area contributed by atoms with Crippen LogP contribution in [-0.2, 0) is 19.6 Å². The van der Waals surface area contributed by atoms with Gasteiger partial charge in [0.15, 0.2) is 6.61 Å². The average Bonchev–Trinajstić information content (AvgIpc) is 3.44. The zero-order valence-electron chi connectivity index (χ0n) is 13.9. The Kier molecular flexibility index (Phi) is 5.39. The predicted octanol–water partition coefficient (Wildman–Crippen LogP) is 1.30. The lowest BCUT2D eigenvalue weighted by Crippen LogP contribution is -2.36. The molecule has 3 rings (SSSR count). The van der Waals surface area contributed by atoms with Gasteiger partial charge in [-0.05, 0) is 37.8 Å². The minimum atomic E-state index is -3.75. The normalized spacial score (nSPS) is 18.6. The lowest BCUT2D eigenvalue weighted by Gasteiger charge is -2.26. The van der Waals surface area contributed by atoms with Crippen molar-refractivity contribution in [2.75, 3.05) is 19.7 Å². The van der Waals surface area contributed by atoms with Gasteiger partial charge in [-0.2, -0.15) is 4.31 Å². The van der Waals surface area contributed by atoms with Gasteiger partial charge in [-0.1, -0.05) is 18.6 Å². The third kappa shape index (κ3) is 4.38. The minimum absolute atomic E-state index is 0.0349. The molecule has 0 radical (unpaired) electrons. The van der Waals surface area contributed by atoms with Gasteiger partial charge in [0.2, 0.25) is 10.0 Å². The molecule has 1 heterocycles. The zero-order valence-corrected chi connectivity index (χ0v) is 14.8. The molecule has 136 valence electrons. The molecule has 1 aliphatic carbocycles. The number of hydrogen-bond donors (Lipinski definition) is 1. The summed E-state index contributed by atoms with van der Waals surface area (Å²) in [6.45, 7) is 0.498. The number of amides is 1. The molecule has 1 N–H and O–H groups in total. The summed E-state index contributed by atoms with van der Waals surface area (Å²) >= 11 is 0. The SMILES string of the molecule is O=C(COC(=O)c1ccccc1S(=O)(=O)N1CCCCC1)NC1CC1. The number of hydrogen-bond acceptors (Lipinski definition) is 5. The number of benzene rings is 1. The van der Waals surface area contributed by atoms with Crippen molar-refractivity contribution in [1.29, 1.82) is 0 Å². The maximum Gasteiger partial charge on any atom is 0.340 e. The first kappa shape index (κ1) is 17.9. The molecule has 0 unspecified atom stereocenters. The van der Waals surface area contributed by atoms with E-state index in [9.17, 15) is 18.0 Å². The van der Waals surface area contributed by atoms with Crippen LogP contribution in [-0.4, -0.2) is 50.3 Å². The number of rotatable bonds is 6. The molecule has 2 fully saturated rings. The molecule has 1 saturated heterocycles. The van der Waals surface area contributed by atoms with Crippen molar-refractivity contribution < 1.29 is 22.7 Å². The van der Waals surface area contributed by atoms with Crippen molar-refractivity contribution in [3.05, 3.63) is 29.8 Å². The van der Waals surface area contributed by atoms with Crippen molar-refractivity contribution in [3.8, 4) is 0 Å². The van der Waals surface area contributed by atoms with Crippen LogP contribution >= 0.6 is 0 Å². The van der Waals surface area contributed by atoms with E-state index in [1.54, 1.807) is 12.1 Å². The second-order valence-corrected chi connectivity index (χ2v) is 8.29. The first-order chi connectivity index (χ1) is 12.0. The fraction of sp³-hybridized carbons (Fsp3) is 0.529. The molecule has 0 aromatic heterocycles. The van der Waals surface area contributed by atoms with Crippen molar-refractivity contribution in [1.82, 2.24) is 9.62 Å². The van der Waals surface area contributed by atoms with Gasteiger partial charge >= 0.3 is 5.97 Å². The average molecular weight is 366 g/mol. The Bertz CT molecular complexity index is 752. The molecule has 1 saturated carbocycles. The fourth-order valence-electron chi connectivity index (χ4n) is 2.81. The van der Waals surface area contributed by atoms with E-state index in [0.29, 0.717) is 13.1 Å². The van der Waals surface area contributed by atoms with E-state index < -0.39 is 22.6 Å². The zero-order chi connectivity index (χ0) is 17.9. The van der Waals surface area contributed by atoms with Crippen LogP contribution in [0.1, 0.15) is 42.5 Å². The van der Waals surface area contributed by atoms with Crippen molar-refractivity contribution in [2.45, 2.75) is 43.0 Å². The van der Waals surface area contributed by atoms with E-state index in [0.717, 1.165) is 32.1 Å². The summed E-state index contributed by atoms with van der Waals surface area (Å²) in [5.41, 5.74) is -0.0349. The maximum atomic E-state index is 12.8. The van der Waals surface area contributed by atoms with Crippen LogP contribution in [0.4, 0.5) is 0 Å². The molecule has 2 aliphatic rings. The number of nitrogens with one attached hydrogen (secondary N) is 1. The van der Waals surface area contributed by atoms with E-state index in [-0.39, 0.29) is 22.4 Å². The molecule has 1 aliphatic heterocycles. The Morgan fingerprint density at radius 1 is 1.12 bits per heavy atom. The number of sulfonamides is 1. The van der Waals surface area contributed by atoms with E-state index in [2.05, 4.69) is 5.32 Å². The molecule has 0 bridgehead atoms. The Balaban J connectivity index is 1.73. The Morgan fingerprint density at radius 2 is 1.80 bits per heavy atom. The van der Waals surface area contributed by atoms with E-state index in [4.69, 9.17) is 4.74 Å². The van der Waals surface area contributed by atoms with Gasteiger partial charge in [-0.15, -0.1) is 0 Å². The first-order valence-corrected chi connectivity index (χ1v) is 9.98. The number of carbonyl (C=O) groups excluding carboxylic acids is 2. The Labute approximate surface area is 147 Å². The summed E-state index contributed by atoms with van der Waals surface area (Å²) in [4.78, 5) is 23.9. The maximum absolute atomic E-state index is 12.8. The number of nitrogens with zero attached hydrogens (tertiary/aromatic N) is 1. The first-order valence-electron chi connectivity index (χ1n) is 8.54. The van der Waals surface area contributed by atoms with Crippen LogP contribution in [0.15, 0.2) is 29.2 Å². The number of ether oxygens (including phenoxy) is 1. The summed E-state index contributed by atoms with van der Waals surface area (Å²) in [5.74, 6) is -1.17. The van der Waals surface area contributed by atoms with Gasteiger partial charge in [0.05, 0.1) is 10.5 Å². The van der Waals surface area contributed by atoms with Crippen LogP contribution in [0, 0.1) is 0 Å². The lowest BCUT2D eigenvalue weighted by molar-refractivity contribution is -0.124. The van der Waals surface area contributed by atoms with Gasteiger partial charge < -0.3 is 10.1 Å². The molecule has 1 amide bonds. The molecule has 25 heavy (non-hydrogen) atoms. The molecular formula is C17H22N2O5S. The second-order valence-electron chi connectivity index (χ2n) is 6.38. The highest BCUT2D eigenvalue weighted by atomic mass is 32.2. The fourth-order valence-corrected chi connectivity index (χ4v) is 4.51. The third-order valence-electron chi connectivity index (χ3n) is 4.32. The summed E-state index contributed by atoms with van der Waals surface area (Å²) in [5, 5.41) is 2.71. The van der Waals surface area contributed by atoms with Crippen LogP contribution < -0.4 is 5.32 Å². The highest BCUT2D eigenvalue weighted by Crippen LogP contribution is 2.24. The Morgan fingerprint density at radius 3 is 2.48 bits per heavy atom. The van der Waals surface area contributed by atoms with E-state index >= 15 is 0 Å². The molecule has 0 spiro atoms. The smallest absolute Gasteiger partial charge is 0.340 e. The molecule has 8 heteroatoms. The van der Waals surface area contributed by atoms with Crippen LogP contribution in [0.2, 0.25) is 0 Å². The highest BCUT2D eigenvalue weighted by Gasteiger charge is 2.30. The molecular weight excluding hydrogens is 344 g/mol. The van der Waals surface area contributed by atoms with Gasteiger partial charge in [-0.3, -0.25) is 4.79 Å². The van der Waals surface area contributed by atoms with Crippen molar-refractivity contribution >= 4 is 21.9 Å². The van der Waals surface area contributed by atoms with Crippen LogP contribution in [0.3, 0.4) is 0 Å². The van der Waals surface area contributed by atoms with Gasteiger partial charge in [0, 0.05) is 19.1 Å². The number of carbonyl (C=O) groups is 2. The predicted molar refractivity (Wildman–Crippen MR) is 90.5 cm³/mol. The summed E-state index contributed by atoms with van der Waals surface area (Å²) in [6, 6.07) is 6.16. The Hall–Kier alpha value is -1.93. The molecule has 1 aromatic rings. The lowest BCUT2D eigenvalue weighted by atomic mass is 10.2. The minimum Gasteiger partial charge on any atom is -0.452 e. The standard InChI is InChI=1S/C17H22N2O5S/c20-16(18-13-8-9-13)12-24-17(21)14-6-2-3-7-15(14)25(22,23)19-10-4-1-5-11-19/h2-3,6-7,13H,1,4-5,8-12H2,(H,18,20). The van der Waals surface area contributed by atoms with Gasteiger partial charge in [0.1, 0.15) is 0 Å². The largest absolute Gasteiger partial charge is 0.452 e. The molecule has 7 nitrogen and oxygen atoms in total. The van der Waals surface area contributed by atoms with Crippen LogP contribution in [0.25, 0.3) is 0 Å². The van der Waals surface area contributed by atoms with Gasteiger partial charge in [0.25, 0.3) is 5.91 Å².